The first-order valence-electron chi connectivity index (χ1n) is 9.28. The van der Waals surface area contributed by atoms with Crippen LogP contribution in [0, 0.1) is 2.88 Å². The number of thiophene rings is 2. The molecule has 2 heterocycles. The van der Waals surface area contributed by atoms with Crippen molar-refractivity contribution < 1.29 is 0 Å². The number of hydrogen-bond donors (Lipinski definition) is 0. The van der Waals surface area contributed by atoms with Crippen molar-refractivity contribution in [2.24, 2.45) is 0 Å². The van der Waals surface area contributed by atoms with Gasteiger partial charge in [-0.3, -0.25) is 0 Å². The second-order valence-electron chi connectivity index (χ2n) is 6.48. The molecule has 0 N–H and O–H groups in total. The highest BCUT2D eigenvalue weighted by Gasteiger charge is 2.15. The van der Waals surface area contributed by atoms with Crippen molar-refractivity contribution in [1.82, 2.24) is 0 Å². The summed E-state index contributed by atoms with van der Waals surface area (Å²) < 4.78 is 2.75. The van der Waals surface area contributed by atoms with Gasteiger partial charge in [-0.25, -0.2) is 0 Å². The van der Waals surface area contributed by atoms with Gasteiger partial charge in [0.15, 0.2) is 0 Å². The topological polar surface area (TPSA) is 0 Å². The van der Waals surface area contributed by atoms with Crippen LogP contribution in [0.1, 0.15) is 69.4 Å². The van der Waals surface area contributed by atoms with Crippen LogP contribution in [0.25, 0.3) is 9.75 Å². The fourth-order valence-corrected chi connectivity index (χ4v) is 7.26. The molecule has 2 rings (SSSR count). The Hall–Kier alpha value is 1.09. The van der Waals surface area contributed by atoms with E-state index in [1.165, 1.54) is 86.2 Å². The van der Waals surface area contributed by atoms with Crippen LogP contribution in [0.5, 0.6) is 0 Å². The standard InChI is InChI=1S/C20H27Br2IS2/c1-2-3-4-7-11-16-13-17(24-20(16)22)19-15(14-18(23)25-19)10-8-5-6-9-12-21/h13-14H,2-12H2,1H3. The second-order valence-corrected chi connectivity index (χ2v) is 12.6. The van der Waals surface area contributed by atoms with Gasteiger partial charge in [0.05, 0.1) is 6.67 Å². The summed E-state index contributed by atoms with van der Waals surface area (Å²) in [7, 11) is 0. The lowest BCUT2D eigenvalue weighted by Gasteiger charge is -2.02. The van der Waals surface area contributed by atoms with Crippen LogP contribution in [-0.2, 0) is 12.8 Å². The summed E-state index contributed by atoms with van der Waals surface area (Å²) in [6, 6.07) is 4.84. The number of halogens is 3. The molecule has 0 atom stereocenters. The van der Waals surface area contributed by atoms with Gasteiger partial charge >= 0.3 is 0 Å². The van der Waals surface area contributed by atoms with Gasteiger partial charge in [-0.2, -0.15) is 0 Å². The fourth-order valence-electron chi connectivity index (χ4n) is 2.98. The molecule has 0 amide bonds. The Balaban J connectivity index is 2.00. The predicted molar refractivity (Wildman–Crippen MR) is 132 cm³/mol. The van der Waals surface area contributed by atoms with E-state index in [2.05, 4.69) is 73.5 Å². The lowest BCUT2D eigenvalue weighted by Crippen LogP contribution is -1.86. The molecule has 0 saturated heterocycles. The molecule has 2 aromatic heterocycles. The van der Waals surface area contributed by atoms with E-state index in [9.17, 15) is 0 Å². The smallest absolute Gasteiger partial charge is 0.0737 e. The summed E-state index contributed by atoms with van der Waals surface area (Å²) >= 11 is 13.7. The van der Waals surface area contributed by atoms with Gasteiger partial charge in [-0.1, -0.05) is 55.0 Å². The Morgan fingerprint density at radius 2 is 1.56 bits per heavy atom. The van der Waals surface area contributed by atoms with E-state index in [0.29, 0.717) is 0 Å². The first kappa shape index (κ1) is 22.4. The van der Waals surface area contributed by atoms with Gasteiger partial charge in [0.1, 0.15) is 0 Å². The molecule has 5 heteroatoms. The maximum atomic E-state index is 3.81. The minimum absolute atomic E-state index is 1.14. The molecule has 0 aliphatic carbocycles. The third-order valence-electron chi connectivity index (χ3n) is 4.39. The number of alkyl halides is 1. The maximum Gasteiger partial charge on any atom is 0.0737 e. The number of hydrogen-bond acceptors (Lipinski definition) is 2. The van der Waals surface area contributed by atoms with E-state index in [-0.39, 0.29) is 0 Å². The first-order chi connectivity index (χ1) is 12.2. The molecule has 0 nitrogen and oxygen atoms in total. The Morgan fingerprint density at radius 1 is 0.880 bits per heavy atom. The van der Waals surface area contributed by atoms with Crippen molar-refractivity contribution in [1.29, 1.82) is 0 Å². The highest BCUT2D eigenvalue weighted by molar-refractivity contribution is 14.1. The Bertz CT molecular complexity index is 634. The lowest BCUT2D eigenvalue weighted by molar-refractivity contribution is 0.667. The summed E-state index contributed by atoms with van der Waals surface area (Å²) in [5.74, 6) is 0. The van der Waals surface area contributed by atoms with Gasteiger partial charge in [-0.15, -0.1) is 22.7 Å². The van der Waals surface area contributed by atoms with Crippen LogP contribution in [0.2, 0.25) is 0 Å². The predicted octanol–water partition coefficient (Wildman–Crippen LogP) is 9.46. The van der Waals surface area contributed by atoms with Crippen molar-refractivity contribution in [3.05, 3.63) is 29.9 Å². The average molecular weight is 618 g/mol. The van der Waals surface area contributed by atoms with Crippen molar-refractivity contribution in [2.75, 3.05) is 5.33 Å². The summed E-state index contributed by atoms with van der Waals surface area (Å²) in [6.07, 6.45) is 13.0. The van der Waals surface area contributed by atoms with Crippen LogP contribution in [0.15, 0.2) is 15.9 Å². The van der Waals surface area contributed by atoms with Crippen molar-refractivity contribution in [3.8, 4) is 9.75 Å². The van der Waals surface area contributed by atoms with E-state index < -0.39 is 0 Å². The molecule has 0 unspecified atom stereocenters. The molecule has 0 saturated carbocycles. The Morgan fingerprint density at radius 3 is 2.28 bits per heavy atom. The van der Waals surface area contributed by atoms with Gasteiger partial charge < -0.3 is 0 Å². The fraction of sp³-hybridized carbons (Fsp3) is 0.600. The van der Waals surface area contributed by atoms with Gasteiger partial charge in [0, 0.05) is 15.1 Å². The van der Waals surface area contributed by atoms with E-state index in [1.54, 1.807) is 5.56 Å². The Labute approximate surface area is 191 Å². The van der Waals surface area contributed by atoms with E-state index in [0.717, 1.165) is 5.33 Å². The molecule has 0 fully saturated rings. The average Bonchev–Trinajstić information content (AvgIpc) is 3.14. The minimum atomic E-state index is 1.14. The zero-order chi connectivity index (χ0) is 18.1. The van der Waals surface area contributed by atoms with Crippen LogP contribution in [0.4, 0.5) is 0 Å². The number of aryl methyl sites for hydroxylation is 2. The summed E-state index contributed by atoms with van der Waals surface area (Å²) in [6.45, 7) is 2.28. The zero-order valence-corrected chi connectivity index (χ0v) is 21.8. The quantitative estimate of drug-likeness (QED) is 0.126. The third kappa shape index (κ3) is 7.55. The highest BCUT2D eigenvalue weighted by Crippen LogP contribution is 2.42. The van der Waals surface area contributed by atoms with Crippen molar-refractivity contribution in [3.63, 3.8) is 0 Å². The summed E-state index contributed by atoms with van der Waals surface area (Å²) in [5, 5.41) is 1.14. The number of unbranched alkanes of at least 4 members (excludes halogenated alkanes) is 6. The summed E-state index contributed by atoms with van der Waals surface area (Å²) in [4.78, 5) is 2.97. The molecule has 0 aromatic carbocycles. The van der Waals surface area contributed by atoms with Crippen LogP contribution < -0.4 is 0 Å². The molecule has 140 valence electrons. The molecule has 0 aliphatic heterocycles. The SMILES string of the molecule is CCCCCCc1cc(-c2sc(I)cc2CCCCCCBr)sc1Br. The van der Waals surface area contributed by atoms with Gasteiger partial charge in [-0.05, 0) is 93.9 Å². The van der Waals surface area contributed by atoms with Crippen molar-refractivity contribution >= 4 is 77.1 Å². The second kappa shape index (κ2) is 12.5. The van der Waals surface area contributed by atoms with Crippen molar-refractivity contribution in [2.45, 2.75) is 71.1 Å². The maximum absolute atomic E-state index is 3.81. The highest BCUT2D eigenvalue weighted by atomic mass is 127. The Kier molecular flexibility index (Phi) is 11.2. The molecule has 0 aliphatic rings. The van der Waals surface area contributed by atoms with Crippen LogP contribution in [-0.4, -0.2) is 5.33 Å². The first-order valence-corrected chi connectivity index (χ1v) is 13.9. The zero-order valence-electron chi connectivity index (χ0n) is 14.9. The molecule has 0 bridgehead atoms. The summed E-state index contributed by atoms with van der Waals surface area (Å²) in [5.41, 5.74) is 3.06. The van der Waals surface area contributed by atoms with E-state index >= 15 is 0 Å². The van der Waals surface area contributed by atoms with Crippen LogP contribution in [0.3, 0.4) is 0 Å². The van der Waals surface area contributed by atoms with Gasteiger partial charge in [0.25, 0.3) is 0 Å². The van der Waals surface area contributed by atoms with Crippen LogP contribution >= 0.6 is 77.1 Å². The third-order valence-corrected chi connectivity index (χ3v) is 9.03. The minimum Gasteiger partial charge on any atom is -0.128 e. The molecule has 0 spiro atoms. The molecule has 25 heavy (non-hydrogen) atoms. The van der Waals surface area contributed by atoms with E-state index in [4.69, 9.17) is 0 Å². The van der Waals surface area contributed by atoms with E-state index in [1.807, 2.05) is 22.7 Å². The normalized spacial score (nSPS) is 11.4. The number of rotatable bonds is 12. The molecule has 0 radical (unpaired) electrons. The molecular weight excluding hydrogens is 591 g/mol. The molecular formula is C20H27Br2IS2. The largest absolute Gasteiger partial charge is 0.128 e. The molecule has 2 aromatic rings. The van der Waals surface area contributed by atoms with Gasteiger partial charge in [0.2, 0.25) is 0 Å². The monoisotopic (exact) mass is 616 g/mol. The lowest BCUT2D eigenvalue weighted by atomic mass is 10.1.